The molecule has 0 heterocycles. The molecule has 0 bridgehead atoms. The van der Waals surface area contributed by atoms with Crippen LogP contribution in [0.4, 0.5) is 0 Å². The van der Waals surface area contributed by atoms with Gasteiger partial charge in [-0.15, -0.1) is 0 Å². The van der Waals surface area contributed by atoms with Crippen LogP contribution in [-0.2, 0) is 4.74 Å². The van der Waals surface area contributed by atoms with Gasteiger partial charge in [-0.05, 0) is 43.6 Å². The van der Waals surface area contributed by atoms with Crippen molar-refractivity contribution in [3.8, 4) is 0 Å². The molecule has 0 radical (unpaired) electrons. The van der Waals surface area contributed by atoms with Crippen LogP contribution in [0.5, 0.6) is 0 Å². The lowest BCUT2D eigenvalue weighted by molar-refractivity contribution is 0.146. The van der Waals surface area contributed by atoms with Crippen molar-refractivity contribution in [1.29, 1.82) is 0 Å². The van der Waals surface area contributed by atoms with Gasteiger partial charge in [-0.3, -0.25) is 0 Å². The Morgan fingerprint density at radius 3 is 2.67 bits per heavy atom. The molecule has 0 spiro atoms. The number of methoxy groups -OCH3 is 1. The minimum atomic E-state index is 0.524. The first kappa shape index (κ1) is 13.0. The Labute approximate surface area is 94.8 Å². The monoisotopic (exact) mass is 213 g/mol. The quantitative estimate of drug-likeness (QED) is 0.709. The first-order valence-electron chi connectivity index (χ1n) is 6.26. The summed E-state index contributed by atoms with van der Waals surface area (Å²) >= 11 is 0. The van der Waals surface area contributed by atoms with Crippen LogP contribution in [-0.4, -0.2) is 26.3 Å². The second-order valence-electron chi connectivity index (χ2n) is 5.91. The Kier molecular flexibility index (Phi) is 5.07. The largest absolute Gasteiger partial charge is 0.385 e. The van der Waals surface area contributed by atoms with Crippen molar-refractivity contribution < 1.29 is 4.74 Å². The van der Waals surface area contributed by atoms with E-state index in [1.165, 1.54) is 19.3 Å². The van der Waals surface area contributed by atoms with Gasteiger partial charge in [0.15, 0.2) is 0 Å². The standard InChI is InChI=1S/C13H27NO/c1-11-8-12(10-13(2,3)9-11)14-6-5-7-15-4/h11-12,14H,5-10H2,1-4H3/t11-,12+/m0/s1. The van der Waals surface area contributed by atoms with E-state index in [0.29, 0.717) is 5.41 Å². The van der Waals surface area contributed by atoms with E-state index in [2.05, 4.69) is 26.1 Å². The summed E-state index contributed by atoms with van der Waals surface area (Å²) in [6.45, 7) is 9.14. The van der Waals surface area contributed by atoms with Crippen molar-refractivity contribution in [2.75, 3.05) is 20.3 Å². The highest BCUT2D eigenvalue weighted by Crippen LogP contribution is 2.38. The summed E-state index contributed by atoms with van der Waals surface area (Å²) < 4.78 is 5.05. The molecule has 0 amide bonds. The smallest absolute Gasteiger partial charge is 0.0474 e. The van der Waals surface area contributed by atoms with E-state index in [9.17, 15) is 0 Å². The van der Waals surface area contributed by atoms with E-state index >= 15 is 0 Å². The van der Waals surface area contributed by atoms with E-state index in [0.717, 1.165) is 31.5 Å². The molecule has 2 nitrogen and oxygen atoms in total. The molecule has 0 aliphatic heterocycles. The molecule has 1 aliphatic rings. The lowest BCUT2D eigenvalue weighted by atomic mass is 9.70. The highest BCUT2D eigenvalue weighted by Gasteiger charge is 2.31. The summed E-state index contributed by atoms with van der Waals surface area (Å²) in [5, 5.41) is 3.66. The van der Waals surface area contributed by atoms with Crippen molar-refractivity contribution >= 4 is 0 Å². The van der Waals surface area contributed by atoms with Gasteiger partial charge in [0.25, 0.3) is 0 Å². The molecule has 0 unspecified atom stereocenters. The molecule has 0 aromatic carbocycles. The Balaban J connectivity index is 2.23. The van der Waals surface area contributed by atoms with Crippen molar-refractivity contribution in [2.45, 2.75) is 52.5 Å². The summed E-state index contributed by atoms with van der Waals surface area (Å²) in [4.78, 5) is 0. The zero-order valence-corrected chi connectivity index (χ0v) is 10.8. The zero-order valence-electron chi connectivity index (χ0n) is 10.8. The summed E-state index contributed by atoms with van der Waals surface area (Å²) in [6.07, 6.45) is 5.17. The fourth-order valence-electron chi connectivity index (χ4n) is 3.02. The van der Waals surface area contributed by atoms with Crippen molar-refractivity contribution in [3.63, 3.8) is 0 Å². The van der Waals surface area contributed by atoms with Gasteiger partial charge < -0.3 is 10.1 Å². The third kappa shape index (κ3) is 4.98. The van der Waals surface area contributed by atoms with E-state index < -0.39 is 0 Å². The number of hydrogen-bond acceptors (Lipinski definition) is 2. The highest BCUT2D eigenvalue weighted by molar-refractivity contribution is 4.86. The van der Waals surface area contributed by atoms with E-state index in [-0.39, 0.29) is 0 Å². The maximum atomic E-state index is 5.05. The van der Waals surface area contributed by atoms with E-state index in [4.69, 9.17) is 4.74 Å². The second-order valence-corrected chi connectivity index (χ2v) is 5.91. The minimum Gasteiger partial charge on any atom is -0.385 e. The maximum Gasteiger partial charge on any atom is 0.0474 e. The summed E-state index contributed by atoms with van der Waals surface area (Å²) in [6, 6.07) is 0.723. The van der Waals surface area contributed by atoms with Crippen LogP contribution in [0.1, 0.15) is 46.5 Å². The number of ether oxygens (including phenoxy) is 1. The molecular formula is C13H27NO. The Morgan fingerprint density at radius 1 is 1.33 bits per heavy atom. The van der Waals surface area contributed by atoms with Crippen LogP contribution in [0, 0.1) is 11.3 Å². The fourth-order valence-corrected chi connectivity index (χ4v) is 3.02. The third-order valence-electron chi connectivity index (χ3n) is 3.35. The van der Waals surface area contributed by atoms with Crippen LogP contribution in [0.25, 0.3) is 0 Å². The molecule has 90 valence electrons. The minimum absolute atomic E-state index is 0.524. The van der Waals surface area contributed by atoms with Crippen LogP contribution < -0.4 is 5.32 Å². The van der Waals surface area contributed by atoms with E-state index in [1.807, 2.05) is 0 Å². The van der Waals surface area contributed by atoms with Gasteiger partial charge in [-0.2, -0.15) is 0 Å². The van der Waals surface area contributed by atoms with Gasteiger partial charge in [-0.25, -0.2) is 0 Å². The number of hydrogen-bond donors (Lipinski definition) is 1. The van der Waals surface area contributed by atoms with Crippen LogP contribution in [0.15, 0.2) is 0 Å². The van der Waals surface area contributed by atoms with Crippen molar-refractivity contribution in [3.05, 3.63) is 0 Å². The molecule has 0 saturated heterocycles. The van der Waals surface area contributed by atoms with Gasteiger partial charge >= 0.3 is 0 Å². The van der Waals surface area contributed by atoms with Crippen LogP contribution in [0.2, 0.25) is 0 Å². The molecule has 2 atom stereocenters. The first-order chi connectivity index (χ1) is 7.03. The Morgan fingerprint density at radius 2 is 2.07 bits per heavy atom. The molecule has 1 fully saturated rings. The van der Waals surface area contributed by atoms with Gasteiger partial charge in [0.2, 0.25) is 0 Å². The van der Waals surface area contributed by atoms with Gasteiger partial charge in [0.1, 0.15) is 0 Å². The molecule has 0 aromatic rings. The number of nitrogens with one attached hydrogen (secondary N) is 1. The molecule has 1 N–H and O–H groups in total. The second kappa shape index (κ2) is 5.86. The average Bonchev–Trinajstić information content (AvgIpc) is 2.09. The molecule has 0 aromatic heterocycles. The molecule has 1 rings (SSSR count). The first-order valence-corrected chi connectivity index (χ1v) is 6.26. The third-order valence-corrected chi connectivity index (χ3v) is 3.35. The van der Waals surface area contributed by atoms with Gasteiger partial charge in [0, 0.05) is 19.8 Å². The topological polar surface area (TPSA) is 21.3 Å². The average molecular weight is 213 g/mol. The molecular weight excluding hydrogens is 186 g/mol. The van der Waals surface area contributed by atoms with Gasteiger partial charge in [-0.1, -0.05) is 20.8 Å². The maximum absolute atomic E-state index is 5.05. The predicted molar refractivity (Wildman–Crippen MR) is 65.1 cm³/mol. The SMILES string of the molecule is COCCCN[C@@H]1C[C@H](C)CC(C)(C)C1. The summed E-state index contributed by atoms with van der Waals surface area (Å²) in [5.74, 6) is 0.869. The normalized spacial score (nSPS) is 30.4. The van der Waals surface area contributed by atoms with E-state index in [1.54, 1.807) is 7.11 Å². The summed E-state index contributed by atoms with van der Waals surface area (Å²) in [7, 11) is 1.77. The summed E-state index contributed by atoms with van der Waals surface area (Å²) in [5.41, 5.74) is 0.524. The number of rotatable bonds is 5. The zero-order chi connectivity index (χ0) is 11.3. The van der Waals surface area contributed by atoms with Crippen molar-refractivity contribution in [1.82, 2.24) is 5.32 Å². The highest BCUT2D eigenvalue weighted by atomic mass is 16.5. The lowest BCUT2D eigenvalue weighted by Gasteiger charge is -2.39. The molecule has 2 heteroatoms. The molecule has 1 saturated carbocycles. The Bertz CT molecular complexity index is 179. The van der Waals surface area contributed by atoms with Crippen molar-refractivity contribution in [2.24, 2.45) is 11.3 Å². The Hall–Kier alpha value is -0.0800. The lowest BCUT2D eigenvalue weighted by Crippen LogP contribution is -2.40. The van der Waals surface area contributed by atoms with Gasteiger partial charge in [0.05, 0.1) is 0 Å². The fraction of sp³-hybridized carbons (Fsp3) is 1.00. The van der Waals surface area contributed by atoms with Crippen LogP contribution >= 0.6 is 0 Å². The van der Waals surface area contributed by atoms with Crippen LogP contribution in [0.3, 0.4) is 0 Å². The molecule has 1 aliphatic carbocycles. The molecule has 15 heavy (non-hydrogen) atoms. The predicted octanol–water partition coefficient (Wildman–Crippen LogP) is 2.83.